The van der Waals surface area contributed by atoms with Crippen molar-refractivity contribution in [2.24, 2.45) is 0 Å². The van der Waals surface area contributed by atoms with Crippen LogP contribution >= 0.6 is 0 Å². The van der Waals surface area contributed by atoms with E-state index in [1.165, 1.54) is 24.3 Å². The third kappa shape index (κ3) is 9.89. The van der Waals surface area contributed by atoms with Gasteiger partial charge in [0.2, 0.25) is 0 Å². The van der Waals surface area contributed by atoms with Gasteiger partial charge in [0, 0.05) is 29.4 Å². The normalized spacial score (nSPS) is 10.6. The van der Waals surface area contributed by atoms with Crippen molar-refractivity contribution in [2.45, 2.75) is 47.0 Å². The molecular weight excluding hydrogens is 606 g/mol. The molecule has 0 radical (unpaired) electrons. The minimum Gasteiger partial charge on any atom is -0.487 e. The van der Waals surface area contributed by atoms with Gasteiger partial charge in [-0.05, 0) is 75.7 Å². The Morgan fingerprint density at radius 3 is 2.26 bits per heavy atom. The van der Waals surface area contributed by atoms with Gasteiger partial charge in [0.05, 0.1) is 37.2 Å². The van der Waals surface area contributed by atoms with Gasteiger partial charge in [0.1, 0.15) is 5.84 Å². The van der Waals surface area contributed by atoms with Gasteiger partial charge in [0.15, 0.2) is 29.7 Å². The molecule has 0 aliphatic carbocycles. The molecule has 5 N–H and O–H groups in total. The molecule has 0 aliphatic rings. The van der Waals surface area contributed by atoms with E-state index in [2.05, 4.69) is 16.0 Å². The van der Waals surface area contributed by atoms with Crippen molar-refractivity contribution >= 4 is 35.2 Å². The molecule has 0 spiro atoms. The number of esters is 1. The standard InChI is InChI=1S/C32H36F2N4O8/c1-5-43-28(40)17-45-29-21(11-19(16-39)12-27(29)46-18(3)4)15-36-26-14-25(34)24(33)13-23(26)31(41)37-22-9-7-20(8-10-22)30(35)38-32(42)44-6-2/h7-14,18,36,39H,5-6,15-17H2,1-4H3,(H,37,41)(H2,35,38,42). The van der Waals surface area contributed by atoms with E-state index in [1.54, 1.807) is 39.8 Å². The second-order valence-electron chi connectivity index (χ2n) is 9.92. The third-order valence-corrected chi connectivity index (χ3v) is 6.08. The van der Waals surface area contributed by atoms with Crippen LogP contribution in [0.1, 0.15) is 54.7 Å². The Morgan fingerprint density at radius 1 is 0.957 bits per heavy atom. The van der Waals surface area contributed by atoms with Crippen molar-refractivity contribution in [3.63, 3.8) is 0 Å². The number of rotatable bonds is 14. The van der Waals surface area contributed by atoms with E-state index in [0.717, 1.165) is 12.1 Å². The molecule has 3 aromatic rings. The summed E-state index contributed by atoms with van der Waals surface area (Å²) < 4.78 is 50.0. The lowest BCUT2D eigenvalue weighted by Gasteiger charge is -2.20. The molecule has 3 rings (SSSR count). The van der Waals surface area contributed by atoms with Crippen LogP contribution in [-0.4, -0.2) is 54.8 Å². The maximum atomic E-state index is 14.4. The number of nitrogens with one attached hydrogen (secondary N) is 4. The average molecular weight is 643 g/mol. The number of amides is 2. The van der Waals surface area contributed by atoms with Crippen molar-refractivity contribution in [3.8, 4) is 11.5 Å². The Hall–Kier alpha value is -5.24. The van der Waals surface area contributed by atoms with Gasteiger partial charge in [0.25, 0.3) is 5.91 Å². The largest absolute Gasteiger partial charge is 0.487 e. The molecule has 3 aromatic carbocycles. The minimum atomic E-state index is -1.25. The molecule has 0 aliphatic heterocycles. The molecule has 46 heavy (non-hydrogen) atoms. The Bertz CT molecular complexity index is 1560. The summed E-state index contributed by atoms with van der Waals surface area (Å²) in [5.41, 5.74) is 1.14. The Kier molecular flexibility index (Phi) is 12.8. The Labute approximate surface area is 264 Å². The first-order valence-corrected chi connectivity index (χ1v) is 14.3. The SMILES string of the molecule is CCOC(=O)COc1c(CNc2cc(F)c(F)cc2C(=O)Nc2ccc(C(=N)NC(=O)OCC)cc2)cc(CO)cc1OC(C)C. The molecule has 0 aromatic heterocycles. The number of halogens is 2. The highest BCUT2D eigenvalue weighted by atomic mass is 19.2. The number of carbonyl (C=O) groups is 3. The third-order valence-electron chi connectivity index (χ3n) is 6.08. The summed E-state index contributed by atoms with van der Waals surface area (Å²) in [6.45, 7) is 6.22. The first-order chi connectivity index (χ1) is 21.9. The summed E-state index contributed by atoms with van der Waals surface area (Å²) in [4.78, 5) is 36.8. The van der Waals surface area contributed by atoms with Crippen LogP contribution in [0.2, 0.25) is 0 Å². The maximum Gasteiger partial charge on any atom is 0.412 e. The molecule has 0 saturated carbocycles. The van der Waals surface area contributed by atoms with Gasteiger partial charge < -0.3 is 34.7 Å². The number of aliphatic hydroxyl groups is 1. The lowest BCUT2D eigenvalue weighted by molar-refractivity contribution is -0.145. The number of carbonyl (C=O) groups excluding carboxylic acids is 3. The summed E-state index contributed by atoms with van der Waals surface area (Å²) >= 11 is 0. The monoisotopic (exact) mass is 642 g/mol. The summed E-state index contributed by atoms with van der Waals surface area (Å²) in [6.07, 6.45) is -1.08. The predicted molar refractivity (Wildman–Crippen MR) is 165 cm³/mol. The smallest absolute Gasteiger partial charge is 0.412 e. The van der Waals surface area contributed by atoms with E-state index in [1.807, 2.05) is 0 Å². The fourth-order valence-electron chi connectivity index (χ4n) is 4.12. The van der Waals surface area contributed by atoms with E-state index in [-0.39, 0.29) is 66.7 Å². The number of hydrogen-bond acceptors (Lipinski definition) is 10. The number of alkyl carbamates (subject to hydrolysis) is 1. The van der Waals surface area contributed by atoms with Crippen molar-refractivity contribution in [1.82, 2.24) is 5.32 Å². The lowest BCUT2D eigenvalue weighted by Crippen LogP contribution is -2.31. The molecule has 0 saturated heterocycles. The first-order valence-electron chi connectivity index (χ1n) is 14.3. The molecule has 246 valence electrons. The summed E-state index contributed by atoms with van der Waals surface area (Å²) in [5, 5.41) is 25.6. The molecule has 0 heterocycles. The van der Waals surface area contributed by atoms with E-state index in [4.69, 9.17) is 24.4 Å². The second kappa shape index (κ2) is 16.7. The minimum absolute atomic E-state index is 0.0643. The number of anilines is 2. The van der Waals surface area contributed by atoms with Crippen LogP contribution in [0.4, 0.5) is 25.0 Å². The number of benzene rings is 3. The Morgan fingerprint density at radius 2 is 1.63 bits per heavy atom. The first kappa shape index (κ1) is 35.2. The maximum absolute atomic E-state index is 14.4. The fraction of sp³-hybridized carbons (Fsp3) is 0.312. The highest BCUT2D eigenvalue weighted by molar-refractivity contribution is 6.08. The van der Waals surface area contributed by atoms with Crippen LogP contribution in [-0.2, 0) is 27.4 Å². The second-order valence-corrected chi connectivity index (χ2v) is 9.92. The molecule has 14 heteroatoms. The van der Waals surface area contributed by atoms with Crippen molar-refractivity contribution in [1.29, 1.82) is 5.41 Å². The van der Waals surface area contributed by atoms with Crippen LogP contribution in [0.15, 0.2) is 48.5 Å². The Balaban J connectivity index is 1.87. The topological polar surface area (TPSA) is 168 Å². The lowest BCUT2D eigenvalue weighted by atomic mass is 10.1. The molecular formula is C32H36F2N4O8. The van der Waals surface area contributed by atoms with E-state index < -0.39 is 36.2 Å². The summed E-state index contributed by atoms with van der Waals surface area (Å²) in [5.74, 6) is -3.69. The van der Waals surface area contributed by atoms with Gasteiger partial charge in [-0.15, -0.1) is 0 Å². The zero-order valence-corrected chi connectivity index (χ0v) is 25.8. The molecule has 2 amide bonds. The van der Waals surface area contributed by atoms with E-state index >= 15 is 0 Å². The summed E-state index contributed by atoms with van der Waals surface area (Å²) in [7, 11) is 0. The van der Waals surface area contributed by atoms with E-state index in [0.29, 0.717) is 16.7 Å². The zero-order valence-electron chi connectivity index (χ0n) is 25.8. The zero-order chi connectivity index (χ0) is 33.8. The summed E-state index contributed by atoms with van der Waals surface area (Å²) in [6, 6.07) is 10.6. The van der Waals surface area contributed by atoms with Crippen LogP contribution in [0.3, 0.4) is 0 Å². The van der Waals surface area contributed by atoms with Crippen LogP contribution < -0.4 is 25.4 Å². The van der Waals surface area contributed by atoms with Crippen molar-refractivity contribution < 1.29 is 47.2 Å². The van der Waals surface area contributed by atoms with Crippen molar-refractivity contribution in [2.75, 3.05) is 30.5 Å². The van der Waals surface area contributed by atoms with Gasteiger partial charge in [-0.25, -0.2) is 18.4 Å². The quantitative estimate of drug-likeness (QED) is 0.0910. The number of aliphatic hydroxyl groups excluding tert-OH is 1. The fourth-order valence-corrected chi connectivity index (χ4v) is 4.12. The average Bonchev–Trinajstić information content (AvgIpc) is 3.00. The van der Waals surface area contributed by atoms with Crippen LogP contribution in [0.25, 0.3) is 0 Å². The van der Waals surface area contributed by atoms with Gasteiger partial charge in [-0.3, -0.25) is 15.5 Å². The molecule has 0 unspecified atom stereocenters. The van der Waals surface area contributed by atoms with Gasteiger partial charge in [-0.1, -0.05) is 0 Å². The van der Waals surface area contributed by atoms with Gasteiger partial charge in [-0.2, -0.15) is 0 Å². The molecule has 0 atom stereocenters. The van der Waals surface area contributed by atoms with Gasteiger partial charge >= 0.3 is 12.1 Å². The van der Waals surface area contributed by atoms with Crippen LogP contribution in [0, 0.1) is 17.0 Å². The van der Waals surface area contributed by atoms with Crippen molar-refractivity contribution in [3.05, 3.63) is 82.4 Å². The number of hydrogen-bond donors (Lipinski definition) is 5. The molecule has 12 nitrogen and oxygen atoms in total. The number of ether oxygens (including phenoxy) is 4. The highest BCUT2D eigenvalue weighted by Gasteiger charge is 2.20. The number of amidine groups is 1. The highest BCUT2D eigenvalue weighted by Crippen LogP contribution is 2.35. The van der Waals surface area contributed by atoms with Crippen LogP contribution in [0.5, 0.6) is 11.5 Å². The molecule has 0 bridgehead atoms. The molecule has 0 fully saturated rings. The van der Waals surface area contributed by atoms with E-state index in [9.17, 15) is 28.3 Å². The predicted octanol–water partition coefficient (Wildman–Crippen LogP) is 5.12.